The van der Waals surface area contributed by atoms with Crippen molar-refractivity contribution in [1.82, 2.24) is 9.88 Å². The van der Waals surface area contributed by atoms with E-state index in [-0.39, 0.29) is 0 Å². The van der Waals surface area contributed by atoms with Crippen LogP contribution in [0.25, 0.3) is 0 Å². The number of unbranched alkanes of at least 4 members (excludes halogenated alkanes) is 6. The van der Waals surface area contributed by atoms with Crippen molar-refractivity contribution in [3.8, 4) is 0 Å². The van der Waals surface area contributed by atoms with Crippen LogP contribution in [0.3, 0.4) is 0 Å². The maximum absolute atomic E-state index is 4.23. The molecular formula is C16H28N2S. The third kappa shape index (κ3) is 9.06. The fourth-order valence-electron chi connectivity index (χ4n) is 2.26. The molecule has 1 aromatic heterocycles. The molecule has 1 aromatic rings. The quantitative estimate of drug-likeness (QED) is 0.483. The third-order valence-corrected chi connectivity index (χ3v) is 3.69. The summed E-state index contributed by atoms with van der Waals surface area (Å²) < 4.78 is 0. The van der Waals surface area contributed by atoms with Crippen molar-refractivity contribution in [3.63, 3.8) is 0 Å². The molecule has 19 heavy (non-hydrogen) atoms. The summed E-state index contributed by atoms with van der Waals surface area (Å²) in [5.74, 6) is 1.04. The molecule has 0 atom stereocenters. The molecule has 1 heterocycles. The van der Waals surface area contributed by atoms with Crippen LogP contribution in [0.4, 0.5) is 0 Å². The Morgan fingerprint density at radius 1 is 1.05 bits per heavy atom. The van der Waals surface area contributed by atoms with Gasteiger partial charge in [-0.15, -0.1) is 0 Å². The van der Waals surface area contributed by atoms with Gasteiger partial charge in [-0.3, -0.25) is 4.98 Å². The van der Waals surface area contributed by atoms with Crippen LogP contribution in [-0.2, 0) is 6.54 Å². The Bertz CT molecular complexity index is 303. The van der Waals surface area contributed by atoms with Crippen LogP contribution in [0.1, 0.15) is 50.5 Å². The average Bonchev–Trinajstić information content (AvgIpc) is 2.43. The minimum absolute atomic E-state index is 1.01. The Kier molecular flexibility index (Phi) is 9.82. The van der Waals surface area contributed by atoms with E-state index in [1.165, 1.54) is 57.1 Å². The number of aromatic nitrogens is 1. The maximum atomic E-state index is 4.23. The molecule has 3 heteroatoms. The number of rotatable bonds is 11. The van der Waals surface area contributed by atoms with Crippen LogP contribution in [0.5, 0.6) is 0 Å². The smallest absolute Gasteiger partial charge is 0.0312 e. The lowest BCUT2D eigenvalue weighted by molar-refractivity contribution is 0.316. The lowest BCUT2D eigenvalue weighted by Crippen LogP contribution is -2.19. The SMILES string of the molecule is CN(CCCCCCCCCS)Cc1cccnc1. The number of pyridine rings is 1. The van der Waals surface area contributed by atoms with Crippen molar-refractivity contribution in [2.45, 2.75) is 51.5 Å². The molecule has 0 radical (unpaired) electrons. The van der Waals surface area contributed by atoms with E-state index in [1.54, 1.807) is 0 Å². The lowest BCUT2D eigenvalue weighted by atomic mass is 10.1. The first-order valence-electron chi connectivity index (χ1n) is 7.51. The largest absolute Gasteiger partial charge is 0.302 e. The molecular weight excluding hydrogens is 252 g/mol. The molecule has 108 valence electrons. The van der Waals surface area contributed by atoms with E-state index < -0.39 is 0 Å². The molecule has 2 nitrogen and oxygen atoms in total. The van der Waals surface area contributed by atoms with Crippen molar-refractivity contribution in [2.75, 3.05) is 19.3 Å². The molecule has 0 N–H and O–H groups in total. The standard InChI is InChI=1S/C16H28N2S/c1-18(15-16-10-9-11-17-14-16)12-7-5-3-2-4-6-8-13-19/h9-11,14,19H,2-8,12-13,15H2,1H3. The van der Waals surface area contributed by atoms with Gasteiger partial charge in [0.1, 0.15) is 0 Å². The van der Waals surface area contributed by atoms with E-state index in [0.717, 1.165) is 12.3 Å². The van der Waals surface area contributed by atoms with Crippen LogP contribution in [0, 0.1) is 0 Å². The second-order valence-corrected chi connectivity index (χ2v) is 5.74. The van der Waals surface area contributed by atoms with E-state index in [1.807, 2.05) is 18.5 Å². The Morgan fingerprint density at radius 3 is 2.37 bits per heavy atom. The highest BCUT2D eigenvalue weighted by Crippen LogP contribution is 2.09. The zero-order chi connectivity index (χ0) is 13.8. The van der Waals surface area contributed by atoms with Gasteiger partial charge in [-0.05, 0) is 43.8 Å². The topological polar surface area (TPSA) is 16.1 Å². The van der Waals surface area contributed by atoms with Crippen molar-refractivity contribution < 1.29 is 0 Å². The molecule has 0 spiro atoms. The molecule has 0 saturated heterocycles. The normalized spacial score (nSPS) is 11.1. The van der Waals surface area contributed by atoms with Crippen molar-refractivity contribution >= 4 is 12.6 Å². The van der Waals surface area contributed by atoms with Gasteiger partial charge < -0.3 is 4.90 Å². The summed E-state index contributed by atoms with van der Waals surface area (Å²) in [4.78, 5) is 6.54. The summed E-state index contributed by atoms with van der Waals surface area (Å²) in [6, 6.07) is 4.15. The van der Waals surface area contributed by atoms with Gasteiger partial charge in [-0.1, -0.05) is 38.2 Å². The lowest BCUT2D eigenvalue weighted by Gasteiger charge is -2.16. The predicted molar refractivity (Wildman–Crippen MR) is 86.7 cm³/mol. The third-order valence-electron chi connectivity index (χ3n) is 3.37. The van der Waals surface area contributed by atoms with E-state index in [9.17, 15) is 0 Å². The summed E-state index contributed by atoms with van der Waals surface area (Å²) in [5.41, 5.74) is 1.30. The van der Waals surface area contributed by atoms with Crippen LogP contribution in [0.2, 0.25) is 0 Å². The van der Waals surface area contributed by atoms with E-state index >= 15 is 0 Å². The van der Waals surface area contributed by atoms with E-state index in [0.29, 0.717) is 0 Å². The molecule has 0 aliphatic heterocycles. The molecule has 0 aliphatic rings. The van der Waals surface area contributed by atoms with Crippen LogP contribution in [-0.4, -0.2) is 29.2 Å². The summed E-state index contributed by atoms with van der Waals surface area (Å²) >= 11 is 4.23. The van der Waals surface area contributed by atoms with Gasteiger partial charge in [0.2, 0.25) is 0 Å². The second-order valence-electron chi connectivity index (χ2n) is 5.30. The minimum Gasteiger partial charge on any atom is -0.302 e. The first kappa shape index (κ1) is 16.5. The van der Waals surface area contributed by atoms with Crippen molar-refractivity contribution in [1.29, 1.82) is 0 Å². The van der Waals surface area contributed by atoms with Gasteiger partial charge >= 0.3 is 0 Å². The summed E-state index contributed by atoms with van der Waals surface area (Å²) in [5, 5.41) is 0. The summed E-state index contributed by atoms with van der Waals surface area (Å²) in [6.07, 6.45) is 13.2. The highest BCUT2D eigenvalue weighted by Gasteiger charge is 2.00. The van der Waals surface area contributed by atoms with Gasteiger partial charge in [0.25, 0.3) is 0 Å². The number of hydrogen-bond donors (Lipinski definition) is 1. The number of hydrogen-bond acceptors (Lipinski definition) is 3. The van der Waals surface area contributed by atoms with Gasteiger partial charge in [-0.2, -0.15) is 12.6 Å². The van der Waals surface area contributed by atoms with Gasteiger partial charge in [0, 0.05) is 18.9 Å². The zero-order valence-electron chi connectivity index (χ0n) is 12.2. The predicted octanol–water partition coefficient (Wildman–Crippen LogP) is 4.17. The van der Waals surface area contributed by atoms with Crippen LogP contribution < -0.4 is 0 Å². The van der Waals surface area contributed by atoms with Crippen LogP contribution >= 0.6 is 12.6 Å². The second kappa shape index (κ2) is 11.3. The maximum Gasteiger partial charge on any atom is 0.0312 e. The van der Waals surface area contributed by atoms with E-state index in [4.69, 9.17) is 0 Å². The number of nitrogens with zero attached hydrogens (tertiary/aromatic N) is 2. The van der Waals surface area contributed by atoms with Gasteiger partial charge in [0.15, 0.2) is 0 Å². The minimum atomic E-state index is 1.01. The summed E-state index contributed by atoms with van der Waals surface area (Å²) in [6.45, 7) is 2.20. The monoisotopic (exact) mass is 280 g/mol. The summed E-state index contributed by atoms with van der Waals surface area (Å²) in [7, 11) is 2.19. The van der Waals surface area contributed by atoms with Crippen molar-refractivity contribution in [2.24, 2.45) is 0 Å². The highest BCUT2D eigenvalue weighted by molar-refractivity contribution is 7.80. The Morgan fingerprint density at radius 2 is 1.74 bits per heavy atom. The average molecular weight is 280 g/mol. The zero-order valence-corrected chi connectivity index (χ0v) is 13.1. The Hall–Kier alpha value is -0.540. The fraction of sp³-hybridized carbons (Fsp3) is 0.688. The molecule has 0 amide bonds. The highest BCUT2D eigenvalue weighted by atomic mass is 32.1. The Labute approximate surface area is 124 Å². The van der Waals surface area contributed by atoms with Gasteiger partial charge in [-0.25, -0.2) is 0 Å². The molecule has 0 saturated carbocycles. The molecule has 0 aromatic carbocycles. The first-order chi connectivity index (χ1) is 9.33. The van der Waals surface area contributed by atoms with Crippen LogP contribution in [0.15, 0.2) is 24.5 Å². The molecule has 0 unspecified atom stereocenters. The Balaban J connectivity index is 1.94. The molecule has 1 rings (SSSR count). The van der Waals surface area contributed by atoms with E-state index in [2.05, 4.69) is 35.6 Å². The number of thiol groups is 1. The van der Waals surface area contributed by atoms with Gasteiger partial charge in [0.05, 0.1) is 0 Å². The molecule has 0 bridgehead atoms. The van der Waals surface area contributed by atoms with Crippen molar-refractivity contribution in [3.05, 3.63) is 30.1 Å². The molecule has 0 fully saturated rings. The fourth-order valence-corrected chi connectivity index (χ4v) is 2.48. The molecule has 0 aliphatic carbocycles. The first-order valence-corrected chi connectivity index (χ1v) is 8.14.